The first-order chi connectivity index (χ1) is 12.4. The zero-order valence-corrected chi connectivity index (χ0v) is 16.7. The van der Waals surface area contributed by atoms with Gasteiger partial charge >= 0.3 is 0 Å². The van der Waals surface area contributed by atoms with E-state index >= 15 is 0 Å². The molecule has 0 fully saturated rings. The Kier molecular flexibility index (Phi) is 5.03. The lowest BCUT2D eigenvalue weighted by molar-refractivity contribution is 0.454. The first kappa shape index (κ1) is 18.4. The first-order valence-electron chi connectivity index (χ1n) is 9.57. The van der Waals surface area contributed by atoms with Crippen LogP contribution in [-0.4, -0.2) is 20.1 Å². The maximum atomic E-state index is 11.0. The number of phenolic OH excluding ortho intramolecular Hbond substituents is 1. The van der Waals surface area contributed by atoms with Gasteiger partial charge in [0.2, 0.25) is 0 Å². The SMILES string of the molecule is CCC(C)c1cc(C(C)CC)c(O)c(-n2nc3ccc(C)c(C)c3n2)c1. The van der Waals surface area contributed by atoms with Gasteiger partial charge in [-0.2, -0.15) is 0 Å². The molecule has 0 amide bonds. The van der Waals surface area contributed by atoms with Crippen LogP contribution in [0.1, 0.15) is 74.6 Å². The molecule has 138 valence electrons. The van der Waals surface area contributed by atoms with Crippen LogP contribution in [0.5, 0.6) is 5.75 Å². The van der Waals surface area contributed by atoms with Gasteiger partial charge in [-0.15, -0.1) is 15.0 Å². The largest absolute Gasteiger partial charge is 0.505 e. The maximum Gasteiger partial charge on any atom is 0.146 e. The molecular formula is C22H29N3O. The molecule has 4 heteroatoms. The van der Waals surface area contributed by atoms with Crippen molar-refractivity contribution in [2.75, 3.05) is 0 Å². The number of nitrogens with zero attached hydrogens (tertiary/aromatic N) is 3. The Balaban J connectivity index is 2.24. The Labute approximate surface area is 155 Å². The average Bonchev–Trinajstić information content (AvgIpc) is 3.08. The average molecular weight is 351 g/mol. The summed E-state index contributed by atoms with van der Waals surface area (Å²) in [5.74, 6) is 0.999. The summed E-state index contributed by atoms with van der Waals surface area (Å²) in [6.07, 6.45) is 2.03. The van der Waals surface area contributed by atoms with E-state index < -0.39 is 0 Å². The summed E-state index contributed by atoms with van der Waals surface area (Å²) in [5, 5.41) is 20.3. The molecule has 1 aromatic heterocycles. The third kappa shape index (κ3) is 3.09. The number of hydrogen-bond acceptors (Lipinski definition) is 3. The highest BCUT2D eigenvalue weighted by Gasteiger charge is 2.19. The van der Waals surface area contributed by atoms with E-state index in [-0.39, 0.29) is 5.92 Å². The van der Waals surface area contributed by atoms with Gasteiger partial charge in [0.25, 0.3) is 0 Å². The molecule has 4 nitrogen and oxygen atoms in total. The summed E-state index contributed by atoms with van der Waals surface area (Å²) >= 11 is 0. The molecule has 0 saturated heterocycles. The van der Waals surface area contributed by atoms with E-state index in [0.29, 0.717) is 17.4 Å². The summed E-state index contributed by atoms with van der Waals surface area (Å²) in [7, 11) is 0. The summed E-state index contributed by atoms with van der Waals surface area (Å²) < 4.78 is 0. The van der Waals surface area contributed by atoms with Crippen LogP contribution in [0.3, 0.4) is 0 Å². The van der Waals surface area contributed by atoms with Crippen LogP contribution in [0, 0.1) is 13.8 Å². The molecule has 0 spiro atoms. The molecular weight excluding hydrogens is 322 g/mol. The van der Waals surface area contributed by atoms with Crippen LogP contribution >= 0.6 is 0 Å². The molecule has 0 bridgehead atoms. The van der Waals surface area contributed by atoms with Crippen molar-refractivity contribution in [3.05, 3.63) is 46.5 Å². The summed E-state index contributed by atoms with van der Waals surface area (Å²) in [5.41, 5.74) is 6.96. The number of aromatic hydroxyl groups is 1. The minimum Gasteiger partial charge on any atom is -0.505 e. The lowest BCUT2D eigenvalue weighted by Crippen LogP contribution is -2.05. The van der Waals surface area contributed by atoms with Gasteiger partial charge in [-0.25, -0.2) is 0 Å². The third-order valence-corrected chi connectivity index (χ3v) is 5.76. The molecule has 2 atom stereocenters. The zero-order chi connectivity index (χ0) is 19.0. The quantitative estimate of drug-likeness (QED) is 0.635. The van der Waals surface area contributed by atoms with Crippen molar-refractivity contribution in [1.82, 2.24) is 15.0 Å². The monoisotopic (exact) mass is 351 g/mol. The number of benzene rings is 2. The fourth-order valence-electron chi connectivity index (χ4n) is 3.25. The van der Waals surface area contributed by atoms with Crippen molar-refractivity contribution in [2.45, 2.75) is 66.2 Å². The number of rotatable bonds is 5. The molecule has 0 radical (unpaired) electrons. The van der Waals surface area contributed by atoms with E-state index in [2.05, 4.69) is 58.8 Å². The van der Waals surface area contributed by atoms with Crippen LogP contribution in [0.2, 0.25) is 0 Å². The summed E-state index contributed by atoms with van der Waals surface area (Å²) in [6, 6.07) is 8.25. The number of hydrogen-bond donors (Lipinski definition) is 1. The maximum absolute atomic E-state index is 11.0. The van der Waals surface area contributed by atoms with Gasteiger partial charge in [0.15, 0.2) is 0 Å². The Hall–Kier alpha value is -2.36. The molecule has 1 heterocycles. The fourth-order valence-corrected chi connectivity index (χ4v) is 3.25. The van der Waals surface area contributed by atoms with Crippen LogP contribution in [0.4, 0.5) is 0 Å². The molecule has 0 aliphatic rings. The Morgan fingerprint density at radius 3 is 2.35 bits per heavy atom. The molecule has 3 aromatic rings. The lowest BCUT2D eigenvalue weighted by atomic mass is 9.90. The fraction of sp³-hybridized carbons (Fsp3) is 0.455. The molecule has 2 aromatic carbocycles. The van der Waals surface area contributed by atoms with Gasteiger partial charge < -0.3 is 5.11 Å². The van der Waals surface area contributed by atoms with E-state index in [1.165, 1.54) is 11.1 Å². The Bertz CT molecular complexity index is 942. The highest BCUT2D eigenvalue weighted by Crippen LogP contribution is 2.37. The van der Waals surface area contributed by atoms with Crippen LogP contribution < -0.4 is 0 Å². The molecule has 0 aliphatic carbocycles. The van der Waals surface area contributed by atoms with Crippen molar-refractivity contribution in [3.63, 3.8) is 0 Å². The van der Waals surface area contributed by atoms with Gasteiger partial charge in [0, 0.05) is 0 Å². The Morgan fingerprint density at radius 1 is 1.00 bits per heavy atom. The van der Waals surface area contributed by atoms with Gasteiger partial charge in [-0.05, 0) is 72.9 Å². The van der Waals surface area contributed by atoms with E-state index in [9.17, 15) is 5.11 Å². The first-order valence-corrected chi connectivity index (χ1v) is 9.57. The standard InChI is InChI=1S/C22H29N3O/c1-7-13(3)17-11-18(14(4)8-2)22(26)20(12-17)25-23-19-10-9-15(5)16(6)21(19)24-25/h9-14,26H,7-8H2,1-6H3. The van der Waals surface area contributed by atoms with E-state index in [1.54, 1.807) is 4.80 Å². The number of aromatic nitrogens is 3. The van der Waals surface area contributed by atoms with Crippen LogP contribution in [-0.2, 0) is 0 Å². The molecule has 1 N–H and O–H groups in total. The van der Waals surface area contributed by atoms with Gasteiger partial charge in [0.1, 0.15) is 22.5 Å². The van der Waals surface area contributed by atoms with Gasteiger partial charge in [-0.1, -0.05) is 39.8 Å². The van der Waals surface area contributed by atoms with E-state index in [1.807, 2.05) is 12.1 Å². The van der Waals surface area contributed by atoms with Crippen molar-refractivity contribution < 1.29 is 5.11 Å². The molecule has 26 heavy (non-hydrogen) atoms. The molecule has 2 unspecified atom stereocenters. The van der Waals surface area contributed by atoms with Crippen LogP contribution in [0.25, 0.3) is 16.7 Å². The Morgan fingerprint density at radius 2 is 1.69 bits per heavy atom. The number of fused-ring (bicyclic) bond motifs is 1. The van der Waals surface area contributed by atoms with Gasteiger partial charge in [-0.3, -0.25) is 0 Å². The smallest absolute Gasteiger partial charge is 0.146 e. The summed E-state index contributed by atoms with van der Waals surface area (Å²) in [4.78, 5) is 1.60. The highest BCUT2D eigenvalue weighted by atomic mass is 16.3. The van der Waals surface area contributed by atoms with Gasteiger partial charge in [0.05, 0.1) is 0 Å². The topological polar surface area (TPSA) is 50.9 Å². The molecule has 3 rings (SSSR count). The second-order valence-electron chi connectivity index (χ2n) is 7.46. The minimum absolute atomic E-state index is 0.284. The highest BCUT2D eigenvalue weighted by molar-refractivity contribution is 5.79. The van der Waals surface area contributed by atoms with E-state index in [0.717, 1.165) is 35.0 Å². The number of aryl methyl sites for hydroxylation is 2. The van der Waals surface area contributed by atoms with Crippen molar-refractivity contribution in [1.29, 1.82) is 0 Å². The lowest BCUT2D eigenvalue weighted by Gasteiger charge is -2.19. The van der Waals surface area contributed by atoms with Crippen molar-refractivity contribution in [3.8, 4) is 11.4 Å². The number of phenols is 1. The predicted octanol–water partition coefficient (Wildman–Crippen LogP) is 5.77. The second kappa shape index (κ2) is 7.10. The second-order valence-corrected chi connectivity index (χ2v) is 7.46. The zero-order valence-electron chi connectivity index (χ0n) is 16.7. The normalized spacial score (nSPS) is 13.9. The van der Waals surface area contributed by atoms with E-state index in [4.69, 9.17) is 5.10 Å². The minimum atomic E-state index is 0.284. The molecule has 0 saturated carbocycles. The van der Waals surface area contributed by atoms with Crippen LogP contribution in [0.15, 0.2) is 24.3 Å². The predicted molar refractivity (Wildman–Crippen MR) is 107 cm³/mol. The van der Waals surface area contributed by atoms with Crippen molar-refractivity contribution >= 4 is 11.0 Å². The third-order valence-electron chi connectivity index (χ3n) is 5.76. The summed E-state index contributed by atoms with van der Waals surface area (Å²) in [6.45, 7) is 12.8. The molecule has 0 aliphatic heterocycles. The van der Waals surface area contributed by atoms with Crippen molar-refractivity contribution in [2.24, 2.45) is 0 Å².